The second-order valence-corrected chi connectivity index (χ2v) is 5.06. The Morgan fingerprint density at radius 2 is 2.27 bits per heavy atom. The zero-order valence-corrected chi connectivity index (χ0v) is 13.1. The van der Waals surface area contributed by atoms with Crippen LogP contribution in [-0.4, -0.2) is 41.4 Å². The van der Waals surface area contributed by atoms with Gasteiger partial charge in [0.05, 0.1) is 4.92 Å². The second-order valence-electron chi connectivity index (χ2n) is 5.06. The summed E-state index contributed by atoms with van der Waals surface area (Å²) in [6.45, 7) is 3.90. The van der Waals surface area contributed by atoms with Crippen molar-refractivity contribution in [1.82, 2.24) is 10.2 Å². The van der Waals surface area contributed by atoms with Crippen molar-refractivity contribution in [2.24, 2.45) is 0 Å². The molecule has 1 aliphatic rings. The van der Waals surface area contributed by atoms with Crippen LogP contribution in [0.1, 0.15) is 30.1 Å². The largest absolute Gasteiger partial charge is 0.334 e. The van der Waals surface area contributed by atoms with Crippen LogP contribution in [0.2, 0.25) is 0 Å². The van der Waals surface area contributed by atoms with Crippen LogP contribution < -0.4 is 5.32 Å². The van der Waals surface area contributed by atoms with Gasteiger partial charge < -0.3 is 10.2 Å². The fourth-order valence-corrected chi connectivity index (χ4v) is 2.59. The van der Waals surface area contributed by atoms with E-state index in [1.165, 1.54) is 0 Å². The molecule has 8 heteroatoms. The molecule has 0 saturated carbocycles. The van der Waals surface area contributed by atoms with E-state index >= 15 is 0 Å². The second kappa shape index (κ2) is 8.05. The van der Waals surface area contributed by atoms with Crippen LogP contribution in [0.15, 0.2) is 18.2 Å². The summed E-state index contributed by atoms with van der Waals surface area (Å²) < 4.78 is 13.4. The van der Waals surface area contributed by atoms with E-state index in [9.17, 15) is 19.3 Å². The number of benzene rings is 1. The normalized spacial score (nSPS) is 16.9. The van der Waals surface area contributed by atoms with E-state index in [0.717, 1.165) is 37.6 Å². The lowest BCUT2D eigenvalue weighted by atomic mass is 10.1. The van der Waals surface area contributed by atoms with Gasteiger partial charge in [0.1, 0.15) is 11.4 Å². The van der Waals surface area contributed by atoms with Gasteiger partial charge in [-0.05, 0) is 31.5 Å². The molecule has 1 aromatic rings. The van der Waals surface area contributed by atoms with Crippen LogP contribution >= 0.6 is 12.4 Å². The lowest BCUT2D eigenvalue weighted by Gasteiger charge is -2.28. The van der Waals surface area contributed by atoms with E-state index in [1.54, 1.807) is 4.90 Å². The molecule has 0 aromatic heterocycles. The van der Waals surface area contributed by atoms with Crippen molar-refractivity contribution in [3.05, 3.63) is 39.7 Å². The molecule has 1 aromatic carbocycles. The summed E-state index contributed by atoms with van der Waals surface area (Å²) in [6, 6.07) is 2.99. The third-order valence-electron chi connectivity index (χ3n) is 3.59. The number of nitrogens with one attached hydrogen (secondary N) is 1. The Morgan fingerprint density at radius 3 is 2.82 bits per heavy atom. The van der Waals surface area contributed by atoms with Crippen LogP contribution in [0.3, 0.4) is 0 Å². The summed E-state index contributed by atoms with van der Waals surface area (Å²) in [5.74, 6) is -1.12. The number of amides is 1. The molecular formula is C14H19ClFN3O3. The van der Waals surface area contributed by atoms with Crippen molar-refractivity contribution in [2.75, 3.05) is 19.6 Å². The number of halogens is 2. The van der Waals surface area contributed by atoms with Crippen molar-refractivity contribution in [2.45, 2.75) is 25.8 Å². The molecule has 1 amide bonds. The molecule has 1 unspecified atom stereocenters. The third kappa shape index (κ3) is 3.92. The average Bonchev–Trinajstić information content (AvgIpc) is 2.97. The first-order valence-corrected chi connectivity index (χ1v) is 7.00. The Morgan fingerprint density at radius 1 is 1.55 bits per heavy atom. The van der Waals surface area contributed by atoms with Gasteiger partial charge in [-0.2, -0.15) is 0 Å². The molecule has 1 fully saturated rings. The molecule has 1 saturated heterocycles. The van der Waals surface area contributed by atoms with E-state index in [1.807, 2.05) is 6.92 Å². The highest BCUT2D eigenvalue weighted by Gasteiger charge is 2.30. The van der Waals surface area contributed by atoms with Crippen LogP contribution in [-0.2, 0) is 0 Å². The number of hydrogen-bond donors (Lipinski definition) is 1. The minimum atomic E-state index is -0.649. The Hall–Kier alpha value is -1.73. The molecule has 0 aliphatic carbocycles. The van der Waals surface area contributed by atoms with Crippen LogP contribution in [0.25, 0.3) is 0 Å². The molecule has 1 aliphatic heterocycles. The minimum Gasteiger partial charge on any atom is -0.334 e. The molecule has 2 rings (SSSR count). The van der Waals surface area contributed by atoms with Gasteiger partial charge in [-0.15, -0.1) is 12.4 Å². The predicted molar refractivity (Wildman–Crippen MR) is 82.9 cm³/mol. The highest BCUT2D eigenvalue weighted by atomic mass is 35.5. The van der Waals surface area contributed by atoms with Crippen LogP contribution in [0.5, 0.6) is 0 Å². The molecule has 1 heterocycles. The lowest BCUT2D eigenvalue weighted by molar-refractivity contribution is -0.385. The van der Waals surface area contributed by atoms with Crippen LogP contribution in [0, 0.1) is 15.9 Å². The molecule has 0 spiro atoms. The predicted octanol–water partition coefficient (Wildman–Crippen LogP) is 2.37. The number of nitrogens with zero attached hydrogens (tertiary/aromatic N) is 2. The molecule has 1 atom stereocenters. The monoisotopic (exact) mass is 331 g/mol. The standard InChI is InChI=1S/C14H18FN3O3.ClH/c1-2-7-17(11-5-6-16-9-11)14(19)12-8-10(15)3-4-13(12)18(20)21;/h3-4,8,11,16H,2,5-7,9H2,1H3;1H. The molecule has 0 radical (unpaired) electrons. The summed E-state index contributed by atoms with van der Waals surface area (Å²) in [7, 11) is 0. The number of nitro groups is 1. The molecular weight excluding hydrogens is 313 g/mol. The lowest BCUT2D eigenvalue weighted by Crippen LogP contribution is -2.42. The maximum atomic E-state index is 13.4. The quantitative estimate of drug-likeness (QED) is 0.664. The van der Waals surface area contributed by atoms with E-state index in [4.69, 9.17) is 0 Å². The number of hydrogen-bond acceptors (Lipinski definition) is 4. The van der Waals surface area contributed by atoms with Crippen molar-refractivity contribution < 1.29 is 14.1 Å². The van der Waals surface area contributed by atoms with E-state index in [-0.39, 0.29) is 29.7 Å². The first-order chi connectivity index (χ1) is 10.0. The molecule has 1 N–H and O–H groups in total. The van der Waals surface area contributed by atoms with Gasteiger partial charge in [-0.1, -0.05) is 6.92 Å². The topological polar surface area (TPSA) is 75.5 Å². The van der Waals surface area contributed by atoms with Gasteiger partial charge in [0.2, 0.25) is 0 Å². The Kier molecular flexibility index (Phi) is 6.70. The van der Waals surface area contributed by atoms with Gasteiger partial charge in [-0.3, -0.25) is 14.9 Å². The maximum Gasteiger partial charge on any atom is 0.282 e. The first kappa shape index (κ1) is 18.3. The van der Waals surface area contributed by atoms with Crippen molar-refractivity contribution in [3.8, 4) is 0 Å². The van der Waals surface area contributed by atoms with Crippen LogP contribution in [0.4, 0.5) is 10.1 Å². The SMILES string of the molecule is CCCN(C(=O)c1cc(F)ccc1[N+](=O)[O-])C1CCNC1.Cl. The number of carbonyl (C=O) groups excluding carboxylic acids is 1. The van der Waals surface area contributed by atoms with Gasteiger partial charge in [0, 0.05) is 25.2 Å². The Balaban J connectivity index is 0.00000242. The Labute approximate surface area is 134 Å². The maximum absolute atomic E-state index is 13.4. The zero-order valence-electron chi connectivity index (χ0n) is 12.3. The van der Waals surface area contributed by atoms with Gasteiger partial charge in [-0.25, -0.2) is 4.39 Å². The van der Waals surface area contributed by atoms with E-state index in [2.05, 4.69) is 5.32 Å². The Bertz CT molecular complexity index is 550. The summed E-state index contributed by atoms with van der Waals surface area (Å²) in [6.07, 6.45) is 1.54. The van der Waals surface area contributed by atoms with Gasteiger partial charge >= 0.3 is 0 Å². The third-order valence-corrected chi connectivity index (χ3v) is 3.59. The van der Waals surface area contributed by atoms with Gasteiger partial charge in [0.15, 0.2) is 0 Å². The average molecular weight is 332 g/mol. The molecule has 6 nitrogen and oxygen atoms in total. The molecule has 22 heavy (non-hydrogen) atoms. The number of carbonyl (C=O) groups is 1. The zero-order chi connectivity index (χ0) is 15.4. The van der Waals surface area contributed by atoms with Crippen molar-refractivity contribution >= 4 is 24.0 Å². The van der Waals surface area contributed by atoms with E-state index < -0.39 is 16.6 Å². The smallest absolute Gasteiger partial charge is 0.282 e. The summed E-state index contributed by atoms with van der Waals surface area (Å²) in [4.78, 5) is 24.6. The fourth-order valence-electron chi connectivity index (χ4n) is 2.59. The van der Waals surface area contributed by atoms with E-state index in [0.29, 0.717) is 13.1 Å². The highest BCUT2D eigenvalue weighted by Crippen LogP contribution is 2.23. The van der Waals surface area contributed by atoms with Gasteiger partial charge in [0.25, 0.3) is 11.6 Å². The molecule has 122 valence electrons. The number of nitro benzene ring substituents is 1. The summed E-state index contributed by atoms with van der Waals surface area (Å²) in [5, 5.41) is 14.2. The summed E-state index contributed by atoms with van der Waals surface area (Å²) >= 11 is 0. The van der Waals surface area contributed by atoms with Crippen molar-refractivity contribution in [1.29, 1.82) is 0 Å². The first-order valence-electron chi connectivity index (χ1n) is 7.00. The fraction of sp³-hybridized carbons (Fsp3) is 0.500. The van der Waals surface area contributed by atoms with Crippen molar-refractivity contribution in [3.63, 3.8) is 0 Å². The number of rotatable bonds is 5. The summed E-state index contributed by atoms with van der Waals surface area (Å²) in [5.41, 5.74) is -0.534. The molecule has 0 bridgehead atoms. The highest BCUT2D eigenvalue weighted by molar-refractivity contribution is 5.98. The minimum absolute atomic E-state index is 0.